The van der Waals surface area contributed by atoms with Crippen LogP contribution in [0.3, 0.4) is 0 Å². The first-order chi connectivity index (χ1) is 7.57. The highest BCUT2D eigenvalue weighted by Crippen LogP contribution is 2.43. The minimum absolute atomic E-state index is 0.0584. The average molecular weight is 228 g/mol. The van der Waals surface area contributed by atoms with Crippen LogP contribution in [-0.2, 0) is 9.53 Å². The molecular formula is C13H24O3. The molecule has 0 aromatic rings. The Morgan fingerprint density at radius 3 is 2.62 bits per heavy atom. The molecule has 0 aromatic heterocycles. The quantitative estimate of drug-likeness (QED) is 0.711. The van der Waals surface area contributed by atoms with Gasteiger partial charge in [-0.25, -0.2) is 0 Å². The van der Waals surface area contributed by atoms with Crippen LogP contribution in [0.4, 0.5) is 0 Å². The van der Waals surface area contributed by atoms with Gasteiger partial charge in [0.15, 0.2) is 0 Å². The normalized spacial score (nSPS) is 31.5. The van der Waals surface area contributed by atoms with Crippen molar-refractivity contribution in [2.75, 3.05) is 0 Å². The van der Waals surface area contributed by atoms with E-state index in [0.717, 1.165) is 25.7 Å². The summed E-state index contributed by atoms with van der Waals surface area (Å²) in [7, 11) is 0. The molecule has 1 fully saturated rings. The Morgan fingerprint density at radius 2 is 2.19 bits per heavy atom. The van der Waals surface area contributed by atoms with Gasteiger partial charge in [-0.3, -0.25) is 4.79 Å². The highest BCUT2D eigenvalue weighted by molar-refractivity contribution is 5.79. The molecule has 0 radical (unpaired) electrons. The number of rotatable bonds is 6. The molecule has 0 amide bonds. The standard InChI is InChI=1S/C13H24O3/c1-4-7-13(8-10(14)5-2)9-11(6-3)16-12(13)15/h10-11,14H,4-9H2,1-3H3. The first kappa shape index (κ1) is 13.5. The Bertz CT molecular complexity index is 239. The molecule has 0 bridgehead atoms. The lowest BCUT2D eigenvalue weighted by Gasteiger charge is -2.26. The minimum atomic E-state index is -0.412. The Morgan fingerprint density at radius 1 is 1.50 bits per heavy atom. The lowest BCUT2D eigenvalue weighted by atomic mass is 9.75. The highest BCUT2D eigenvalue weighted by atomic mass is 16.6. The number of aliphatic hydroxyl groups is 1. The number of hydrogen-bond donors (Lipinski definition) is 1. The van der Waals surface area contributed by atoms with E-state index < -0.39 is 5.41 Å². The fourth-order valence-electron chi connectivity index (χ4n) is 2.61. The first-order valence-electron chi connectivity index (χ1n) is 6.47. The van der Waals surface area contributed by atoms with E-state index in [2.05, 4.69) is 6.92 Å². The topological polar surface area (TPSA) is 46.5 Å². The number of carbonyl (C=O) groups excluding carboxylic acids is 1. The molecule has 0 aliphatic carbocycles. The molecule has 0 aromatic carbocycles. The summed E-state index contributed by atoms with van der Waals surface area (Å²) >= 11 is 0. The molecule has 16 heavy (non-hydrogen) atoms. The van der Waals surface area contributed by atoms with Gasteiger partial charge in [0.2, 0.25) is 0 Å². The monoisotopic (exact) mass is 228 g/mol. The largest absolute Gasteiger partial charge is 0.462 e. The molecule has 1 aliphatic rings. The lowest BCUT2D eigenvalue weighted by molar-refractivity contribution is -0.150. The van der Waals surface area contributed by atoms with Crippen LogP contribution in [0, 0.1) is 5.41 Å². The van der Waals surface area contributed by atoms with Gasteiger partial charge in [-0.2, -0.15) is 0 Å². The Labute approximate surface area is 98.2 Å². The maximum atomic E-state index is 12.0. The van der Waals surface area contributed by atoms with Crippen LogP contribution in [0.5, 0.6) is 0 Å². The molecule has 1 saturated heterocycles. The van der Waals surface area contributed by atoms with Crippen molar-refractivity contribution in [3.63, 3.8) is 0 Å². The fraction of sp³-hybridized carbons (Fsp3) is 0.923. The maximum Gasteiger partial charge on any atom is 0.312 e. The van der Waals surface area contributed by atoms with E-state index in [1.54, 1.807) is 0 Å². The van der Waals surface area contributed by atoms with E-state index in [-0.39, 0.29) is 18.2 Å². The summed E-state index contributed by atoms with van der Waals surface area (Å²) in [4.78, 5) is 12.0. The number of carbonyl (C=O) groups is 1. The Hall–Kier alpha value is -0.570. The van der Waals surface area contributed by atoms with Crippen LogP contribution in [0.1, 0.15) is 59.3 Å². The second-order valence-electron chi connectivity index (χ2n) is 4.94. The van der Waals surface area contributed by atoms with Crippen molar-refractivity contribution < 1.29 is 14.6 Å². The van der Waals surface area contributed by atoms with Gasteiger partial charge in [-0.1, -0.05) is 27.2 Å². The summed E-state index contributed by atoms with van der Waals surface area (Å²) in [5, 5.41) is 9.78. The Balaban J connectivity index is 2.76. The summed E-state index contributed by atoms with van der Waals surface area (Å²) < 4.78 is 5.37. The third kappa shape index (κ3) is 2.76. The Kier molecular flexibility index (Phi) is 4.78. The van der Waals surface area contributed by atoms with Gasteiger partial charge in [0.25, 0.3) is 0 Å². The van der Waals surface area contributed by atoms with E-state index in [9.17, 15) is 9.90 Å². The highest BCUT2D eigenvalue weighted by Gasteiger charge is 2.48. The number of ether oxygens (including phenoxy) is 1. The zero-order chi connectivity index (χ0) is 12.2. The van der Waals surface area contributed by atoms with E-state index in [0.29, 0.717) is 12.8 Å². The van der Waals surface area contributed by atoms with Crippen molar-refractivity contribution in [2.24, 2.45) is 5.41 Å². The summed E-state index contributed by atoms with van der Waals surface area (Å²) in [5.74, 6) is -0.0892. The fourth-order valence-corrected chi connectivity index (χ4v) is 2.61. The second-order valence-corrected chi connectivity index (χ2v) is 4.94. The number of aliphatic hydroxyl groups excluding tert-OH is 1. The van der Waals surface area contributed by atoms with Crippen LogP contribution in [0.2, 0.25) is 0 Å². The molecule has 3 unspecified atom stereocenters. The van der Waals surface area contributed by atoms with Gasteiger partial charge in [0.1, 0.15) is 6.10 Å². The number of hydrogen-bond acceptors (Lipinski definition) is 3. The summed E-state index contributed by atoms with van der Waals surface area (Å²) in [5.41, 5.74) is -0.412. The lowest BCUT2D eigenvalue weighted by Crippen LogP contribution is -2.31. The summed E-state index contributed by atoms with van der Waals surface area (Å²) in [6.07, 6.45) is 4.40. The van der Waals surface area contributed by atoms with E-state index >= 15 is 0 Å². The van der Waals surface area contributed by atoms with Crippen LogP contribution in [-0.4, -0.2) is 23.3 Å². The second kappa shape index (κ2) is 5.67. The van der Waals surface area contributed by atoms with Gasteiger partial charge in [0.05, 0.1) is 11.5 Å². The van der Waals surface area contributed by atoms with E-state index in [4.69, 9.17) is 4.74 Å². The molecular weight excluding hydrogens is 204 g/mol. The zero-order valence-electron chi connectivity index (χ0n) is 10.7. The molecule has 94 valence electrons. The molecule has 3 nitrogen and oxygen atoms in total. The van der Waals surface area contributed by atoms with Gasteiger partial charge in [-0.15, -0.1) is 0 Å². The predicted molar refractivity (Wildman–Crippen MR) is 63.0 cm³/mol. The van der Waals surface area contributed by atoms with Crippen LogP contribution >= 0.6 is 0 Å². The molecule has 3 atom stereocenters. The van der Waals surface area contributed by atoms with Crippen molar-refractivity contribution in [1.29, 1.82) is 0 Å². The van der Waals surface area contributed by atoms with Crippen LogP contribution < -0.4 is 0 Å². The smallest absolute Gasteiger partial charge is 0.312 e. The SMILES string of the molecule is CCCC1(CC(O)CC)CC(CC)OC1=O. The van der Waals surface area contributed by atoms with Crippen molar-refractivity contribution in [1.82, 2.24) is 0 Å². The zero-order valence-corrected chi connectivity index (χ0v) is 10.7. The molecule has 1 heterocycles. The van der Waals surface area contributed by atoms with Crippen molar-refractivity contribution in [2.45, 2.75) is 71.5 Å². The third-order valence-corrected chi connectivity index (χ3v) is 3.61. The molecule has 0 spiro atoms. The summed E-state index contributed by atoms with van der Waals surface area (Å²) in [6.45, 7) is 6.06. The molecule has 1 rings (SSSR count). The van der Waals surface area contributed by atoms with Gasteiger partial charge < -0.3 is 9.84 Å². The molecule has 1 aliphatic heterocycles. The third-order valence-electron chi connectivity index (χ3n) is 3.61. The summed E-state index contributed by atoms with van der Waals surface area (Å²) in [6, 6.07) is 0. The van der Waals surface area contributed by atoms with Crippen molar-refractivity contribution >= 4 is 5.97 Å². The van der Waals surface area contributed by atoms with Gasteiger partial charge in [0, 0.05) is 6.42 Å². The molecule has 0 saturated carbocycles. The van der Waals surface area contributed by atoms with Gasteiger partial charge in [-0.05, 0) is 25.7 Å². The predicted octanol–water partition coefficient (Wildman–Crippen LogP) is 2.66. The van der Waals surface area contributed by atoms with Crippen molar-refractivity contribution in [3.8, 4) is 0 Å². The molecule has 3 heteroatoms. The van der Waals surface area contributed by atoms with E-state index in [1.807, 2.05) is 13.8 Å². The number of esters is 1. The van der Waals surface area contributed by atoms with Crippen LogP contribution in [0.15, 0.2) is 0 Å². The average Bonchev–Trinajstić information content (AvgIpc) is 2.56. The maximum absolute atomic E-state index is 12.0. The number of cyclic esters (lactones) is 1. The first-order valence-corrected chi connectivity index (χ1v) is 6.47. The van der Waals surface area contributed by atoms with Gasteiger partial charge >= 0.3 is 5.97 Å². The minimum Gasteiger partial charge on any atom is -0.462 e. The van der Waals surface area contributed by atoms with Crippen LogP contribution in [0.25, 0.3) is 0 Å². The van der Waals surface area contributed by atoms with Crippen molar-refractivity contribution in [3.05, 3.63) is 0 Å². The van der Waals surface area contributed by atoms with E-state index in [1.165, 1.54) is 0 Å². The molecule has 1 N–H and O–H groups in total.